The van der Waals surface area contributed by atoms with Crippen molar-refractivity contribution in [3.63, 3.8) is 0 Å². The molecule has 3 nitrogen and oxygen atoms in total. The summed E-state index contributed by atoms with van der Waals surface area (Å²) < 4.78 is 0. The minimum atomic E-state index is 0.0172. The third-order valence-corrected chi connectivity index (χ3v) is 1.97. The average molecular weight is 183 g/mol. The molecule has 0 radical (unpaired) electrons. The van der Waals surface area contributed by atoms with E-state index in [0.717, 1.165) is 10.9 Å². The molecule has 2 rings (SSSR count). The third kappa shape index (κ3) is 1.07. The fourth-order valence-electron chi connectivity index (χ4n) is 1.17. The minimum absolute atomic E-state index is 0.0172. The van der Waals surface area contributed by atoms with Crippen LogP contribution in [-0.4, -0.2) is 15.1 Å². The number of aliphatic hydroxyl groups is 1. The maximum Gasteiger partial charge on any atom is 0.139 e. The average Bonchev–Trinajstić information content (AvgIpc) is 2.46. The monoisotopic (exact) mass is 182 g/mol. The lowest BCUT2D eigenvalue weighted by atomic mass is 10.2. The molecule has 0 aromatic carbocycles. The normalized spacial score (nSPS) is 10.8. The number of hydrogen-bond acceptors (Lipinski definition) is 2. The number of H-pyrrole nitrogens is 1. The van der Waals surface area contributed by atoms with Crippen molar-refractivity contribution in [3.05, 3.63) is 29.0 Å². The predicted octanol–water partition coefficient (Wildman–Crippen LogP) is 1.71. The Bertz CT molecular complexity index is 410. The first-order valence-corrected chi connectivity index (χ1v) is 3.92. The molecular formula is C8H7ClN2O. The van der Waals surface area contributed by atoms with Crippen LogP contribution in [0, 0.1) is 0 Å². The van der Waals surface area contributed by atoms with Crippen molar-refractivity contribution in [2.45, 2.75) is 6.61 Å². The van der Waals surface area contributed by atoms with Crippen LogP contribution in [0.25, 0.3) is 11.0 Å². The highest BCUT2D eigenvalue weighted by Gasteiger charge is 2.02. The summed E-state index contributed by atoms with van der Waals surface area (Å²) in [5.41, 5.74) is 1.56. The van der Waals surface area contributed by atoms with Crippen molar-refractivity contribution in [3.8, 4) is 0 Å². The van der Waals surface area contributed by atoms with Gasteiger partial charge in [-0.2, -0.15) is 0 Å². The van der Waals surface area contributed by atoms with Gasteiger partial charge in [-0.25, -0.2) is 4.98 Å². The molecular weight excluding hydrogens is 176 g/mol. The van der Waals surface area contributed by atoms with Crippen molar-refractivity contribution in [2.24, 2.45) is 0 Å². The van der Waals surface area contributed by atoms with Gasteiger partial charge in [0, 0.05) is 17.1 Å². The summed E-state index contributed by atoms with van der Waals surface area (Å²) in [6.45, 7) is 0.0172. The van der Waals surface area contributed by atoms with Gasteiger partial charge in [0.2, 0.25) is 0 Å². The van der Waals surface area contributed by atoms with Gasteiger partial charge in [-0.1, -0.05) is 11.6 Å². The summed E-state index contributed by atoms with van der Waals surface area (Å²) >= 11 is 5.68. The van der Waals surface area contributed by atoms with E-state index in [2.05, 4.69) is 9.97 Å². The number of hydrogen-bond donors (Lipinski definition) is 2. The van der Waals surface area contributed by atoms with Crippen LogP contribution in [0.5, 0.6) is 0 Å². The molecule has 0 aliphatic rings. The maximum atomic E-state index is 8.91. The van der Waals surface area contributed by atoms with E-state index >= 15 is 0 Å². The first-order valence-electron chi connectivity index (χ1n) is 3.54. The van der Waals surface area contributed by atoms with Gasteiger partial charge in [-0.3, -0.25) is 0 Å². The molecule has 0 saturated carbocycles. The lowest BCUT2D eigenvalue weighted by molar-refractivity contribution is 0.283. The molecule has 0 aliphatic heterocycles. The predicted molar refractivity (Wildman–Crippen MR) is 47.0 cm³/mol. The van der Waals surface area contributed by atoms with Gasteiger partial charge in [0.05, 0.1) is 6.61 Å². The quantitative estimate of drug-likeness (QED) is 0.660. The van der Waals surface area contributed by atoms with E-state index in [4.69, 9.17) is 16.7 Å². The molecule has 0 unspecified atom stereocenters. The molecule has 4 heteroatoms. The molecule has 0 spiro atoms. The van der Waals surface area contributed by atoms with Crippen LogP contribution in [-0.2, 0) is 6.61 Å². The molecule has 62 valence electrons. The fourth-order valence-corrected chi connectivity index (χ4v) is 1.32. The summed E-state index contributed by atoms with van der Waals surface area (Å²) in [5, 5.41) is 10.3. The van der Waals surface area contributed by atoms with E-state index in [-0.39, 0.29) is 6.61 Å². The Kier molecular flexibility index (Phi) is 1.75. The van der Waals surface area contributed by atoms with Gasteiger partial charge in [-0.05, 0) is 12.1 Å². The highest BCUT2D eigenvalue weighted by molar-refractivity contribution is 6.29. The van der Waals surface area contributed by atoms with E-state index in [1.165, 1.54) is 0 Å². The van der Waals surface area contributed by atoms with Gasteiger partial charge in [0.25, 0.3) is 0 Å². The zero-order chi connectivity index (χ0) is 8.55. The Morgan fingerprint density at radius 3 is 3.08 bits per heavy atom. The maximum absolute atomic E-state index is 8.91. The Labute approximate surface area is 74.0 Å². The minimum Gasteiger partial charge on any atom is -0.392 e. The Morgan fingerprint density at radius 1 is 1.50 bits per heavy atom. The van der Waals surface area contributed by atoms with E-state index < -0.39 is 0 Å². The second-order valence-electron chi connectivity index (χ2n) is 2.50. The van der Waals surface area contributed by atoms with Gasteiger partial charge in [-0.15, -0.1) is 0 Å². The first-order chi connectivity index (χ1) is 5.81. The SMILES string of the molecule is OCc1c[nH]c2nc(Cl)ccc12. The highest BCUT2D eigenvalue weighted by atomic mass is 35.5. The van der Waals surface area contributed by atoms with Crippen LogP contribution < -0.4 is 0 Å². The summed E-state index contributed by atoms with van der Waals surface area (Å²) in [6, 6.07) is 3.55. The lowest BCUT2D eigenvalue weighted by Gasteiger charge is -1.92. The van der Waals surface area contributed by atoms with Crippen molar-refractivity contribution >= 4 is 22.6 Å². The van der Waals surface area contributed by atoms with Gasteiger partial charge in [0.1, 0.15) is 10.8 Å². The molecule has 0 fully saturated rings. The van der Waals surface area contributed by atoms with Crippen LogP contribution in [0.4, 0.5) is 0 Å². The smallest absolute Gasteiger partial charge is 0.139 e. The number of rotatable bonds is 1. The molecule has 0 saturated heterocycles. The van der Waals surface area contributed by atoms with Crippen LogP contribution in [0.3, 0.4) is 0 Å². The molecule has 2 aromatic heterocycles. The Morgan fingerprint density at radius 2 is 2.33 bits per heavy atom. The Balaban J connectivity index is 2.73. The summed E-state index contributed by atoms with van der Waals surface area (Å²) in [5.74, 6) is 0. The second-order valence-corrected chi connectivity index (χ2v) is 2.89. The van der Waals surface area contributed by atoms with E-state index in [9.17, 15) is 0 Å². The molecule has 0 atom stereocenters. The zero-order valence-electron chi connectivity index (χ0n) is 6.21. The number of aromatic nitrogens is 2. The molecule has 0 bridgehead atoms. The first kappa shape index (κ1) is 7.58. The summed E-state index contributed by atoms with van der Waals surface area (Å²) in [4.78, 5) is 6.97. The Hall–Kier alpha value is -1.06. The van der Waals surface area contributed by atoms with Crippen LogP contribution in [0.15, 0.2) is 18.3 Å². The number of aromatic amines is 1. The molecule has 0 aliphatic carbocycles. The van der Waals surface area contributed by atoms with Crippen LogP contribution in [0.2, 0.25) is 5.15 Å². The number of halogens is 1. The number of aliphatic hydroxyl groups excluding tert-OH is 1. The van der Waals surface area contributed by atoms with Crippen molar-refractivity contribution in [1.82, 2.24) is 9.97 Å². The standard InChI is InChI=1S/C8H7ClN2O/c9-7-2-1-6-5(4-12)3-10-8(6)11-7/h1-3,12H,4H2,(H,10,11). The largest absolute Gasteiger partial charge is 0.392 e. The lowest BCUT2D eigenvalue weighted by Crippen LogP contribution is -1.80. The highest BCUT2D eigenvalue weighted by Crippen LogP contribution is 2.18. The van der Waals surface area contributed by atoms with Gasteiger partial charge in [0.15, 0.2) is 0 Å². The fraction of sp³-hybridized carbons (Fsp3) is 0.125. The number of fused-ring (bicyclic) bond motifs is 1. The van der Waals surface area contributed by atoms with E-state index in [1.54, 1.807) is 12.3 Å². The van der Waals surface area contributed by atoms with E-state index in [0.29, 0.717) is 10.8 Å². The second kappa shape index (κ2) is 2.77. The van der Waals surface area contributed by atoms with Crippen molar-refractivity contribution < 1.29 is 5.11 Å². The topological polar surface area (TPSA) is 48.9 Å². The molecule has 0 amide bonds. The molecule has 2 N–H and O–H groups in total. The molecule has 2 aromatic rings. The van der Waals surface area contributed by atoms with Gasteiger partial charge >= 0.3 is 0 Å². The van der Waals surface area contributed by atoms with Crippen molar-refractivity contribution in [2.75, 3.05) is 0 Å². The van der Waals surface area contributed by atoms with Crippen LogP contribution >= 0.6 is 11.6 Å². The number of nitrogens with one attached hydrogen (secondary N) is 1. The van der Waals surface area contributed by atoms with Crippen LogP contribution in [0.1, 0.15) is 5.56 Å². The van der Waals surface area contributed by atoms with E-state index in [1.807, 2.05) is 6.07 Å². The number of pyridine rings is 1. The molecule has 2 heterocycles. The third-order valence-electron chi connectivity index (χ3n) is 1.76. The van der Waals surface area contributed by atoms with Gasteiger partial charge < -0.3 is 10.1 Å². The number of nitrogens with zero attached hydrogens (tertiary/aromatic N) is 1. The zero-order valence-corrected chi connectivity index (χ0v) is 6.97. The summed E-state index contributed by atoms with van der Waals surface area (Å²) in [7, 11) is 0. The van der Waals surface area contributed by atoms with Crippen molar-refractivity contribution in [1.29, 1.82) is 0 Å². The summed E-state index contributed by atoms with van der Waals surface area (Å²) in [6.07, 6.45) is 1.73. The molecule has 12 heavy (non-hydrogen) atoms.